The van der Waals surface area contributed by atoms with E-state index < -0.39 is 0 Å². The molecule has 0 spiro atoms. The number of para-hydroxylation sites is 1. The van der Waals surface area contributed by atoms with Crippen molar-refractivity contribution in [1.29, 1.82) is 0 Å². The first-order valence-corrected chi connectivity index (χ1v) is 8.72. The SMILES string of the molecule is COc1ccccc1C(=O)Nc1c(C)nc(N2CCN(C)CC2)nc1C. The van der Waals surface area contributed by atoms with Crippen LogP contribution in [-0.2, 0) is 0 Å². The number of anilines is 2. The minimum Gasteiger partial charge on any atom is -0.496 e. The predicted molar refractivity (Wildman–Crippen MR) is 102 cm³/mol. The van der Waals surface area contributed by atoms with Gasteiger partial charge in [-0.3, -0.25) is 4.79 Å². The molecule has 0 saturated carbocycles. The molecule has 1 saturated heterocycles. The number of rotatable bonds is 4. The monoisotopic (exact) mass is 355 g/mol. The van der Waals surface area contributed by atoms with E-state index in [-0.39, 0.29) is 5.91 Å². The predicted octanol–water partition coefficient (Wildman–Crippen LogP) is 2.11. The lowest BCUT2D eigenvalue weighted by molar-refractivity contribution is 0.102. The summed E-state index contributed by atoms with van der Waals surface area (Å²) in [5.41, 5.74) is 2.65. The molecular weight excluding hydrogens is 330 g/mol. The van der Waals surface area contributed by atoms with E-state index in [0.717, 1.165) is 43.5 Å². The van der Waals surface area contributed by atoms with E-state index in [0.29, 0.717) is 17.0 Å². The Kier molecular flexibility index (Phi) is 5.37. The Balaban J connectivity index is 1.81. The number of carbonyl (C=O) groups is 1. The van der Waals surface area contributed by atoms with Gasteiger partial charge in [-0.1, -0.05) is 12.1 Å². The summed E-state index contributed by atoms with van der Waals surface area (Å²) < 4.78 is 5.27. The van der Waals surface area contributed by atoms with E-state index in [1.165, 1.54) is 0 Å². The Labute approximate surface area is 154 Å². The van der Waals surface area contributed by atoms with E-state index in [1.54, 1.807) is 19.2 Å². The van der Waals surface area contributed by atoms with E-state index in [9.17, 15) is 4.79 Å². The van der Waals surface area contributed by atoms with Gasteiger partial charge < -0.3 is 19.9 Å². The first kappa shape index (κ1) is 18.1. The highest BCUT2D eigenvalue weighted by molar-refractivity contribution is 6.06. The van der Waals surface area contributed by atoms with Gasteiger partial charge in [-0.05, 0) is 33.0 Å². The lowest BCUT2D eigenvalue weighted by Gasteiger charge is -2.32. The van der Waals surface area contributed by atoms with Crippen molar-refractivity contribution in [3.63, 3.8) is 0 Å². The molecule has 0 unspecified atom stereocenters. The Morgan fingerprint density at radius 2 is 1.69 bits per heavy atom. The van der Waals surface area contributed by atoms with Gasteiger partial charge in [0.2, 0.25) is 5.95 Å². The lowest BCUT2D eigenvalue weighted by Crippen LogP contribution is -2.45. The van der Waals surface area contributed by atoms with Crippen molar-refractivity contribution in [3.05, 3.63) is 41.2 Å². The summed E-state index contributed by atoms with van der Waals surface area (Å²) in [4.78, 5) is 26.4. The number of amides is 1. The maximum atomic E-state index is 12.7. The molecule has 0 bridgehead atoms. The molecule has 1 amide bonds. The van der Waals surface area contributed by atoms with Crippen LogP contribution >= 0.6 is 0 Å². The second kappa shape index (κ2) is 7.70. The fourth-order valence-electron chi connectivity index (χ4n) is 3.04. The quantitative estimate of drug-likeness (QED) is 0.906. The molecule has 3 rings (SSSR count). The zero-order valence-corrected chi connectivity index (χ0v) is 15.7. The first-order valence-electron chi connectivity index (χ1n) is 8.72. The number of methoxy groups -OCH3 is 1. The molecule has 2 aromatic rings. The Hall–Kier alpha value is -2.67. The highest BCUT2D eigenvalue weighted by Crippen LogP contribution is 2.24. The number of carbonyl (C=O) groups excluding carboxylic acids is 1. The van der Waals surface area contributed by atoms with Gasteiger partial charge in [0.05, 0.1) is 29.7 Å². The molecular formula is C19H25N5O2. The average molecular weight is 355 g/mol. The Bertz CT molecular complexity index is 777. The van der Waals surface area contributed by atoms with Crippen LogP contribution in [0.25, 0.3) is 0 Å². The Morgan fingerprint density at radius 1 is 1.08 bits per heavy atom. The smallest absolute Gasteiger partial charge is 0.259 e. The number of hydrogen-bond donors (Lipinski definition) is 1. The average Bonchev–Trinajstić information content (AvgIpc) is 2.65. The number of hydrogen-bond acceptors (Lipinski definition) is 6. The summed E-state index contributed by atoms with van der Waals surface area (Å²) >= 11 is 0. The van der Waals surface area contributed by atoms with Crippen molar-refractivity contribution in [2.24, 2.45) is 0 Å². The van der Waals surface area contributed by atoms with E-state index in [1.807, 2.05) is 26.0 Å². The fraction of sp³-hybridized carbons (Fsp3) is 0.421. The molecule has 1 aromatic carbocycles. The standard InChI is InChI=1S/C19H25N5O2/c1-13-17(22-18(25)15-7-5-6-8-16(15)26-4)14(2)21-19(20-13)24-11-9-23(3)10-12-24/h5-8H,9-12H2,1-4H3,(H,22,25). The fourth-order valence-corrected chi connectivity index (χ4v) is 3.04. The number of piperazine rings is 1. The third-order valence-electron chi connectivity index (χ3n) is 4.64. The molecule has 1 aliphatic rings. The molecule has 2 heterocycles. The summed E-state index contributed by atoms with van der Waals surface area (Å²) in [6.07, 6.45) is 0. The van der Waals surface area contributed by atoms with Crippen LogP contribution in [0.15, 0.2) is 24.3 Å². The maximum Gasteiger partial charge on any atom is 0.259 e. The van der Waals surface area contributed by atoms with Crippen molar-refractivity contribution >= 4 is 17.5 Å². The van der Waals surface area contributed by atoms with Crippen molar-refractivity contribution in [3.8, 4) is 5.75 Å². The molecule has 1 fully saturated rings. The topological polar surface area (TPSA) is 70.6 Å². The third kappa shape index (κ3) is 3.77. The van der Waals surface area contributed by atoms with Gasteiger partial charge in [0, 0.05) is 26.2 Å². The van der Waals surface area contributed by atoms with Crippen LogP contribution in [0.5, 0.6) is 5.75 Å². The first-order chi connectivity index (χ1) is 12.5. The highest BCUT2D eigenvalue weighted by Gasteiger charge is 2.20. The van der Waals surface area contributed by atoms with Gasteiger partial charge in [0.15, 0.2) is 0 Å². The third-order valence-corrected chi connectivity index (χ3v) is 4.64. The summed E-state index contributed by atoms with van der Waals surface area (Å²) in [7, 11) is 3.67. The molecule has 138 valence electrons. The van der Waals surface area contributed by atoms with Gasteiger partial charge in [0.25, 0.3) is 5.91 Å². The van der Waals surface area contributed by atoms with Crippen LogP contribution in [-0.4, -0.2) is 61.1 Å². The second-order valence-corrected chi connectivity index (χ2v) is 6.51. The number of ether oxygens (including phenoxy) is 1. The van der Waals surface area contributed by atoms with Crippen molar-refractivity contribution in [1.82, 2.24) is 14.9 Å². The van der Waals surface area contributed by atoms with Crippen LogP contribution in [0.3, 0.4) is 0 Å². The van der Waals surface area contributed by atoms with Crippen LogP contribution in [0.2, 0.25) is 0 Å². The van der Waals surface area contributed by atoms with Crippen molar-refractivity contribution in [2.75, 3.05) is 50.6 Å². The van der Waals surface area contributed by atoms with E-state index >= 15 is 0 Å². The van der Waals surface area contributed by atoms with E-state index in [2.05, 4.69) is 32.1 Å². The summed E-state index contributed by atoms with van der Waals surface area (Å²) in [6.45, 7) is 7.59. The lowest BCUT2D eigenvalue weighted by atomic mass is 10.1. The number of aryl methyl sites for hydroxylation is 2. The number of nitrogens with zero attached hydrogens (tertiary/aromatic N) is 4. The van der Waals surface area contributed by atoms with Gasteiger partial charge in [-0.2, -0.15) is 0 Å². The molecule has 26 heavy (non-hydrogen) atoms. The number of benzene rings is 1. The van der Waals surface area contributed by atoms with Crippen LogP contribution in [0.4, 0.5) is 11.6 Å². The molecule has 7 heteroatoms. The Morgan fingerprint density at radius 3 is 2.31 bits per heavy atom. The number of aromatic nitrogens is 2. The van der Waals surface area contributed by atoms with Crippen LogP contribution < -0.4 is 15.0 Å². The van der Waals surface area contributed by atoms with Crippen molar-refractivity contribution < 1.29 is 9.53 Å². The highest BCUT2D eigenvalue weighted by atomic mass is 16.5. The second-order valence-electron chi connectivity index (χ2n) is 6.51. The van der Waals surface area contributed by atoms with Gasteiger partial charge >= 0.3 is 0 Å². The largest absolute Gasteiger partial charge is 0.496 e. The van der Waals surface area contributed by atoms with Crippen LogP contribution in [0.1, 0.15) is 21.7 Å². The summed E-state index contributed by atoms with van der Waals surface area (Å²) in [5.74, 6) is 1.03. The molecule has 1 aliphatic heterocycles. The number of nitrogens with one attached hydrogen (secondary N) is 1. The van der Waals surface area contributed by atoms with E-state index in [4.69, 9.17) is 4.74 Å². The molecule has 1 N–H and O–H groups in total. The molecule has 0 aliphatic carbocycles. The summed E-state index contributed by atoms with van der Waals surface area (Å²) in [5, 5.41) is 2.94. The van der Waals surface area contributed by atoms with Gasteiger partial charge in [-0.15, -0.1) is 0 Å². The van der Waals surface area contributed by atoms with Gasteiger partial charge in [-0.25, -0.2) is 9.97 Å². The molecule has 7 nitrogen and oxygen atoms in total. The van der Waals surface area contributed by atoms with Gasteiger partial charge in [0.1, 0.15) is 5.75 Å². The van der Waals surface area contributed by atoms with Crippen molar-refractivity contribution in [2.45, 2.75) is 13.8 Å². The normalized spacial score (nSPS) is 15.0. The van der Waals surface area contributed by atoms with Crippen LogP contribution in [0, 0.1) is 13.8 Å². The zero-order valence-electron chi connectivity index (χ0n) is 15.7. The maximum absolute atomic E-state index is 12.7. The minimum atomic E-state index is -0.232. The summed E-state index contributed by atoms with van der Waals surface area (Å²) in [6, 6.07) is 7.14. The molecule has 1 aromatic heterocycles. The zero-order chi connectivity index (χ0) is 18.7. The molecule has 0 radical (unpaired) electrons. The minimum absolute atomic E-state index is 0.232. The molecule has 0 atom stereocenters. The number of likely N-dealkylation sites (N-methyl/N-ethyl adjacent to an activating group) is 1.